The van der Waals surface area contributed by atoms with Gasteiger partial charge in [-0.15, -0.1) is 0 Å². The lowest BCUT2D eigenvalue weighted by Crippen LogP contribution is -2.27. The maximum absolute atomic E-state index is 12.0. The monoisotopic (exact) mass is 283 g/mol. The number of hydrogen-bond donors (Lipinski definition) is 2. The van der Waals surface area contributed by atoms with Crippen molar-refractivity contribution in [2.45, 2.75) is 25.8 Å². The molecule has 1 saturated carbocycles. The smallest absolute Gasteiger partial charge is 0.271 e. The molecule has 0 saturated heterocycles. The van der Waals surface area contributed by atoms with Gasteiger partial charge in [-0.05, 0) is 12.3 Å². The summed E-state index contributed by atoms with van der Waals surface area (Å²) in [6, 6.07) is 2.43. The summed E-state index contributed by atoms with van der Waals surface area (Å²) in [7, 11) is 0. The minimum Gasteiger partial charge on any atom is -0.397 e. The van der Waals surface area contributed by atoms with Gasteiger partial charge < -0.3 is 11.1 Å². The fourth-order valence-corrected chi connectivity index (χ4v) is 2.23. The predicted octanol–water partition coefficient (Wildman–Crippen LogP) is 2.36. The standard InChI is InChI=1S/C12H14ClN3O3/c1-2-6-3-10(6)15-12(17)8-4-7(16(18)19)5-9(13)11(8)14/h4-6,10H,2-3,14H2,1H3,(H,15,17). The average Bonchev–Trinajstić information content (AvgIpc) is 3.10. The molecule has 0 spiro atoms. The molecule has 0 aliphatic heterocycles. The van der Waals surface area contributed by atoms with Crippen molar-refractivity contribution in [3.8, 4) is 0 Å². The van der Waals surface area contributed by atoms with E-state index in [4.69, 9.17) is 17.3 Å². The second-order valence-electron chi connectivity index (χ2n) is 4.63. The summed E-state index contributed by atoms with van der Waals surface area (Å²) >= 11 is 5.81. The van der Waals surface area contributed by atoms with Crippen LogP contribution in [0.2, 0.25) is 5.02 Å². The normalized spacial score (nSPS) is 20.9. The van der Waals surface area contributed by atoms with Crippen molar-refractivity contribution in [3.63, 3.8) is 0 Å². The van der Waals surface area contributed by atoms with Gasteiger partial charge in [-0.1, -0.05) is 24.9 Å². The fraction of sp³-hybridized carbons (Fsp3) is 0.417. The lowest BCUT2D eigenvalue weighted by molar-refractivity contribution is -0.384. The highest BCUT2D eigenvalue weighted by molar-refractivity contribution is 6.34. The van der Waals surface area contributed by atoms with Crippen LogP contribution in [-0.4, -0.2) is 16.9 Å². The highest BCUT2D eigenvalue weighted by atomic mass is 35.5. The molecule has 1 fully saturated rings. The molecule has 1 aromatic rings. The van der Waals surface area contributed by atoms with Crippen LogP contribution in [0.4, 0.5) is 11.4 Å². The van der Waals surface area contributed by atoms with Crippen molar-refractivity contribution in [1.82, 2.24) is 5.32 Å². The molecule has 19 heavy (non-hydrogen) atoms. The number of rotatable bonds is 4. The summed E-state index contributed by atoms with van der Waals surface area (Å²) < 4.78 is 0. The SMILES string of the molecule is CCC1CC1NC(=O)c1cc([N+](=O)[O-])cc(Cl)c1N. The van der Waals surface area contributed by atoms with Gasteiger partial charge in [0.15, 0.2) is 0 Å². The Balaban J connectivity index is 2.23. The van der Waals surface area contributed by atoms with Crippen molar-refractivity contribution < 1.29 is 9.72 Å². The number of halogens is 1. The third-order valence-electron chi connectivity index (χ3n) is 3.33. The first kappa shape index (κ1) is 13.6. The number of anilines is 1. The van der Waals surface area contributed by atoms with Crippen LogP contribution in [0.1, 0.15) is 30.1 Å². The zero-order chi connectivity index (χ0) is 14.2. The van der Waals surface area contributed by atoms with Crippen LogP contribution in [0.15, 0.2) is 12.1 Å². The van der Waals surface area contributed by atoms with Gasteiger partial charge >= 0.3 is 0 Å². The highest BCUT2D eigenvalue weighted by Gasteiger charge is 2.37. The minimum absolute atomic E-state index is 0.0159. The number of carbonyl (C=O) groups excluding carboxylic acids is 1. The number of carbonyl (C=O) groups is 1. The quantitative estimate of drug-likeness (QED) is 0.503. The van der Waals surface area contributed by atoms with Gasteiger partial charge in [-0.2, -0.15) is 0 Å². The number of amides is 1. The van der Waals surface area contributed by atoms with Gasteiger partial charge in [-0.3, -0.25) is 14.9 Å². The van der Waals surface area contributed by atoms with E-state index >= 15 is 0 Å². The lowest BCUT2D eigenvalue weighted by Gasteiger charge is -2.08. The van der Waals surface area contributed by atoms with Crippen molar-refractivity contribution in [1.29, 1.82) is 0 Å². The number of nitro benzene ring substituents is 1. The Morgan fingerprint density at radius 1 is 1.63 bits per heavy atom. The Morgan fingerprint density at radius 3 is 2.84 bits per heavy atom. The molecule has 0 aromatic heterocycles. The lowest BCUT2D eigenvalue weighted by atomic mass is 10.1. The van der Waals surface area contributed by atoms with E-state index < -0.39 is 10.8 Å². The van der Waals surface area contributed by atoms with Crippen LogP contribution in [-0.2, 0) is 0 Å². The molecule has 1 aliphatic carbocycles. The Morgan fingerprint density at radius 2 is 2.32 bits per heavy atom. The van der Waals surface area contributed by atoms with Crippen LogP contribution >= 0.6 is 11.6 Å². The number of benzene rings is 1. The molecule has 0 heterocycles. The molecule has 6 nitrogen and oxygen atoms in total. The Bertz CT molecular complexity index is 547. The third kappa shape index (κ3) is 2.78. The van der Waals surface area contributed by atoms with Crippen molar-refractivity contribution in [2.75, 3.05) is 5.73 Å². The van der Waals surface area contributed by atoms with Gasteiger partial charge in [0, 0.05) is 18.2 Å². The second kappa shape index (κ2) is 5.05. The van der Waals surface area contributed by atoms with Crippen LogP contribution in [0.3, 0.4) is 0 Å². The number of nitrogens with one attached hydrogen (secondary N) is 1. The van der Waals surface area contributed by atoms with E-state index in [9.17, 15) is 14.9 Å². The maximum atomic E-state index is 12.0. The van der Waals surface area contributed by atoms with E-state index in [0.29, 0.717) is 5.92 Å². The van der Waals surface area contributed by atoms with Crippen molar-refractivity contribution >= 4 is 28.9 Å². The first-order valence-corrected chi connectivity index (χ1v) is 6.36. The second-order valence-corrected chi connectivity index (χ2v) is 5.04. The number of nitrogens with two attached hydrogens (primary N) is 1. The summed E-state index contributed by atoms with van der Waals surface area (Å²) in [5, 5.41) is 13.6. The summed E-state index contributed by atoms with van der Waals surface area (Å²) in [6.07, 6.45) is 1.93. The number of non-ortho nitro benzene ring substituents is 1. The van der Waals surface area contributed by atoms with Crippen molar-refractivity contribution in [2.24, 2.45) is 5.92 Å². The molecule has 0 radical (unpaired) electrons. The Kier molecular flexibility index (Phi) is 3.61. The Hall–Kier alpha value is -1.82. The van der Waals surface area contributed by atoms with Crippen molar-refractivity contribution in [3.05, 3.63) is 32.8 Å². The molecule has 1 aromatic carbocycles. The highest BCUT2D eigenvalue weighted by Crippen LogP contribution is 2.34. The van der Waals surface area contributed by atoms with E-state index in [1.807, 2.05) is 0 Å². The minimum atomic E-state index is -0.603. The summed E-state index contributed by atoms with van der Waals surface area (Å²) in [5.74, 6) is 0.0726. The van der Waals surface area contributed by atoms with Gasteiger partial charge in [0.05, 0.1) is 21.2 Å². The Labute approximate surface area is 115 Å². The molecule has 102 valence electrons. The molecule has 2 atom stereocenters. The van der Waals surface area contributed by atoms with Gasteiger partial charge in [0.25, 0.3) is 11.6 Å². The van der Waals surface area contributed by atoms with Gasteiger partial charge in [0.1, 0.15) is 0 Å². The van der Waals surface area contributed by atoms with E-state index in [1.165, 1.54) is 0 Å². The molecule has 1 aliphatic rings. The largest absolute Gasteiger partial charge is 0.397 e. The molecular formula is C12H14ClN3O3. The zero-order valence-corrected chi connectivity index (χ0v) is 11.1. The van der Waals surface area contributed by atoms with E-state index in [-0.39, 0.29) is 28.0 Å². The van der Waals surface area contributed by atoms with Gasteiger partial charge in [0.2, 0.25) is 0 Å². The molecule has 0 bridgehead atoms. The average molecular weight is 284 g/mol. The molecule has 2 unspecified atom stereocenters. The van der Waals surface area contributed by atoms with E-state index in [1.54, 1.807) is 0 Å². The van der Waals surface area contributed by atoms with Crippen LogP contribution in [0.5, 0.6) is 0 Å². The van der Waals surface area contributed by atoms with E-state index in [2.05, 4.69) is 12.2 Å². The molecule has 7 heteroatoms. The molecule has 2 rings (SSSR count). The molecule has 1 amide bonds. The number of nitrogen functional groups attached to an aromatic ring is 1. The van der Waals surface area contributed by atoms with Gasteiger partial charge in [-0.25, -0.2) is 0 Å². The molecule has 3 N–H and O–H groups in total. The zero-order valence-electron chi connectivity index (χ0n) is 10.4. The third-order valence-corrected chi connectivity index (χ3v) is 3.65. The van der Waals surface area contributed by atoms with Crippen LogP contribution in [0.25, 0.3) is 0 Å². The summed E-state index contributed by atoms with van der Waals surface area (Å²) in [6.45, 7) is 2.05. The predicted molar refractivity (Wildman–Crippen MR) is 72.2 cm³/mol. The van der Waals surface area contributed by atoms with E-state index in [0.717, 1.165) is 25.0 Å². The fourth-order valence-electron chi connectivity index (χ4n) is 2.02. The number of nitro groups is 1. The first-order valence-electron chi connectivity index (χ1n) is 5.98. The topological polar surface area (TPSA) is 98.3 Å². The van der Waals surface area contributed by atoms with Crippen LogP contribution < -0.4 is 11.1 Å². The maximum Gasteiger partial charge on any atom is 0.271 e. The summed E-state index contributed by atoms with van der Waals surface area (Å²) in [4.78, 5) is 22.2. The first-order chi connectivity index (χ1) is 8.93. The molecular weight excluding hydrogens is 270 g/mol. The van der Waals surface area contributed by atoms with Crippen LogP contribution in [0, 0.1) is 16.0 Å². The number of hydrogen-bond acceptors (Lipinski definition) is 4. The summed E-state index contributed by atoms with van der Waals surface area (Å²) in [5.41, 5.74) is 5.58. The number of nitrogens with zero attached hydrogens (tertiary/aromatic N) is 1.